The molecule has 0 saturated heterocycles. The van der Waals surface area contributed by atoms with E-state index in [1.807, 2.05) is 0 Å². The van der Waals surface area contributed by atoms with Crippen molar-refractivity contribution in [1.29, 1.82) is 0 Å². The van der Waals surface area contributed by atoms with Gasteiger partial charge in [-0.05, 0) is 42.5 Å². The molecule has 4 aromatic rings. The Morgan fingerprint density at radius 3 is 2.63 bits per heavy atom. The van der Waals surface area contributed by atoms with Crippen molar-refractivity contribution >= 4 is 34.6 Å². The van der Waals surface area contributed by atoms with Crippen molar-refractivity contribution in [2.45, 2.75) is 0 Å². The van der Waals surface area contributed by atoms with Crippen LogP contribution in [0.25, 0.3) is 22.6 Å². The summed E-state index contributed by atoms with van der Waals surface area (Å²) in [4.78, 5) is 8.59. The topological polar surface area (TPSA) is 58.6 Å². The van der Waals surface area contributed by atoms with Gasteiger partial charge in [0.05, 0.1) is 16.3 Å². The van der Waals surface area contributed by atoms with Crippen LogP contribution in [0.1, 0.15) is 5.56 Å². The number of aliphatic imine (C=N–C) groups is 1. The summed E-state index contributed by atoms with van der Waals surface area (Å²) in [7, 11) is 0. The standard InChI is InChI=1S/C20H11ClF2N2O2/c21-14-9-16(23)15(22)8-13(14)20-25-17-7-12(5-6-19(17)27-20)24-10-11-3-1-2-4-18(11)26/h1-10,26H. The van der Waals surface area contributed by atoms with Crippen molar-refractivity contribution in [3.8, 4) is 17.2 Å². The number of para-hydroxylation sites is 1. The number of halogens is 3. The van der Waals surface area contributed by atoms with Crippen LogP contribution in [0.4, 0.5) is 14.5 Å². The van der Waals surface area contributed by atoms with Gasteiger partial charge in [-0.3, -0.25) is 4.99 Å². The molecule has 0 radical (unpaired) electrons. The number of aromatic hydroxyl groups is 1. The number of aromatic nitrogens is 1. The number of nitrogens with zero attached hydrogens (tertiary/aromatic N) is 2. The number of hydrogen-bond acceptors (Lipinski definition) is 4. The van der Waals surface area contributed by atoms with Crippen LogP contribution in [0.3, 0.4) is 0 Å². The van der Waals surface area contributed by atoms with Crippen molar-refractivity contribution in [2.24, 2.45) is 4.99 Å². The molecule has 0 aliphatic rings. The average Bonchev–Trinajstić information content (AvgIpc) is 3.07. The maximum Gasteiger partial charge on any atom is 0.228 e. The highest BCUT2D eigenvalue weighted by Crippen LogP contribution is 2.32. The average molecular weight is 385 g/mol. The van der Waals surface area contributed by atoms with Gasteiger partial charge in [0.15, 0.2) is 17.2 Å². The van der Waals surface area contributed by atoms with E-state index in [2.05, 4.69) is 9.98 Å². The Balaban J connectivity index is 1.70. The Bertz CT molecular complexity index is 1190. The molecule has 7 heteroatoms. The summed E-state index contributed by atoms with van der Waals surface area (Å²) in [5, 5.41) is 9.77. The molecule has 134 valence electrons. The fourth-order valence-corrected chi connectivity index (χ4v) is 2.77. The summed E-state index contributed by atoms with van der Waals surface area (Å²) in [6.07, 6.45) is 1.53. The number of fused-ring (bicyclic) bond motifs is 1. The first-order valence-corrected chi connectivity index (χ1v) is 8.26. The maximum atomic E-state index is 13.5. The zero-order chi connectivity index (χ0) is 19.0. The van der Waals surface area contributed by atoms with E-state index in [4.69, 9.17) is 16.0 Å². The molecule has 0 spiro atoms. The van der Waals surface area contributed by atoms with Gasteiger partial charge >= 0.3 is 0 Å². The molecule has 0 aliphatic carbocycles. The maximum absolute atomic E-state index is 13.5. The Morgan fingerprint density at radius 1 is 1.04 bits per heavy atom. The monoisotopic (exact) mass is 384 g/mol. The normalized spacial score (nSPS) is 11.5. The second kappa shape index (κ2) is 6.81. The van der Waals surface area contributed by atoms with E-state index in [1.165, 1.54) is 6.21 Å². The first kappa shape index (κ1) is 17.2. The first-order valence-electron chi connectivity index (χ1n) is 7.89. The minimum atomic E-state index is -1.04. The van der Waals surface area contributed by atoms with E-state index >= 15 is 0 Å². The largest absolute Gasteiger partial charge is 0.507 e. The summed E-state index contributed by atoms with van der Waals surface area (Å²) < 4.78 is 32.3. The van der Waals surface area contributed by atoms with Crippen molar-refractivity contribution in [3.05, 3.63) is 76.8 Å². The van der Waals surface area contributed by atoms with Gasteiger partial charge < -0.3 is 9.52 Å². The summed E-state index contributed by atoms with van der Waals surface area (Å²) in [5.74, 6) is -1.87. The number of phenolic OH excluding ortho intramolecular Hbond substituents is 1. The summed E-state index contributed by atoms with van der Waals surface area (Å²) in [6, 6.07) is 13.7. The van der Waals surface area contributed by atoms with Gasteiger partial charge in [0.2, 0.25) is 5.89 Å². The zero-order valence-electron chi connectivity index (χ0n) is 13.7. The van der Waals surface area contributed by atoms with Crippen LogP contribution < -0.4 is 0 Å². The third-order valence-corrected chi connectivity index (χ3v) is 4.21. The molecular formula is C20H11ClF2N2O2. The van der Waals surface area contributed by atoms with Crippen LogP contribution in [-0.2, 0) is 0 Å². The number of oxazole rings is 1. The SMILES string of the molecule is Oc1ccccc1C=Nc1ccc2oc(-c3cc(F)c(F)cc3Cl)nc2c1. The molecule has 0 amide bonds. The lowest BCUT2D eigenvalue weighted by molar-refractivity contribution is 0.474. The van der Waals surface area contributed by atoms with E-state index in [-0.39, 0.29) is 22.2 Å². The molecule has 1 aromatic heterocycles. The van der Waals surface area contributed by atoms with Gasteiger partial charge in [-0.1, -0.05) is 23.7 Å². The molecule has 0 aliphatic heterocycles. The van der Waals surface area contributed by atoms with Crippen LogP contribution in [-0.4, -0.2) is 16.3 Å². The summed E-state index contributed by atoms with van der Waals surface area (Å²) >= 11 is 5.97. The number of rotatable bonds is 3. The van der Waals surface area contributed by atoms with Gasteiger partial charge in [0.1, 0.15) is 11.3 Å². The third-order valence-electron chi connectivity index (χ3n) is 3.90. The van der Waals surface area contributed by atoms with Gasteiger partial charge in [-0.2, -0.15) is 0 Å². The van der Waals surface area contributed by atoms with Gasteiger partial charge in [0, 0.05) is 11.8 Å². The quantitative estimate of drug-likeness (QED) is 0.354. The predicted octanol–water partition coefficient (Wildman–Crippen LogP) is 5.88. The van der Waals surface area contributed by atoms with Crippen LogP contribution in [0.2, 0.25) is 5.02 Å². The fourth-order valence-electron chi connectivity index (χ4n) is 2.54. The van der Waals surface area contributed by atoms with E-state index in [1.54, 1.807) is 42.5 Å². The second-order valence-electron chi connectivity index (χ2n) is 5.73. The van der Waals surface area contributed by atoms with Gasteiger partial charge in [-0.25, -0.2) is 13.8 Å². The molecule has 0 saturated carbocycles. The minimum absolute atomic E-state index is 0.00162. The lowest BCUT2D eigenvalue weighted by Gasteiger charge is -2.00. The highest BCUT2D eigenvalue weighted by molar-refractivity contribution is 6.33. The molecule has 0 fully saturated rings. The lowest BCUT2D eigenvalue weighted by atomic mass is 10.2. The second-order valence-corrected chi connectivity index (χ2v) is 6.14. The Kier molecular flexibility index (Phi) is 4.33. The Labute approximate surface area is 157 Å². The van der Waals surface area contributed by atoms with E-state index in [0.29, 0.717) is 22.4 Å². The molecule has 3 aromatic carbocycles. The molecule has 4 rings (SSSR count). The molecule has 0 bridgehead atoms. The van der Waals surface area contributed by atoms with Crippen molar-refractivity contribution in [3.63, 3.8) is 0 Å². The summed E-state index contributed by atoms with van der Waals surface area (Å²) in [5.41, 5.74) is 2.25. The van der Waals surface area contributed by atoms with Crippen LogP contribution in [0, 0.1) is 11.6 Å². The highest BCUT2D eigenvalue weighted by Gasteiger charge is 2.15. The third kappa shape index (κ3) is 3.39. The molecule has 1 N–H and O–H groups in total. The molecule has 1 heterocycles. The van der Waals surface area contributed by atoms with Crippen molar-refractivity contribution in [2.75, 3.05) is 0 Å². The van der Waals surface area contributed by atoms with Crippen LogP contribution in [0.5, 0.6) is 5.75 Å². The van der Waals surface area contributed by atoms with Crippen LogP contribution >= 0.6 is 11.6 Å². The smallest absolute Gasteiger partial charge is 0.228 e. The van der Waals surface area contributed by atoms with E-state index in [0.717, 1.165) is 12.1 Å². The van der Waals surface area contributed by atoms with E-state index < -0.39 is 11.6 Å². The molecule has 4 nitrogen and oxygen atoms in total. The Morgan fingerprint density at radius 2 is 1.81 bits per heavy atom. The predicted molar refractivity (Wildman–Crippen MR) is 99.7 cm³/mol. The fraction of sp³-hybridized carbons (Fsp3) is 0. The van der Waals surface area contributed by atoms with Gasteiger partial charge in [0.25, 0.3) is 0 Å². The number of phenols is 1. The van der Waals surface area contributed by atoms with Gasteiger partial charge in [-0.15, -0.1) is 0 Å². The Hall–Kier alpha value is -3.25. The van der Waals surface area contributed by atoms with Crippen molar-refractivity contribution < 1.29 is 18.3 Å². The minimum Gasteiger partial charge on any atom is -0.507 e. The molecular weight excluding hydrogens is 374 g/mol. The van der Waals surface area contributed by atoms with Crippen molar-refractivity contribution in [1.82, 2.24) is 4.98 Å². The number of benzene rings is 3. The number of hydrogen-bond donors (Lipinski definition) is 1. The first-order chi connectivity index (χ1) is 13.0. The zero-order valence-corrected chi connectivity index (χ0v) is 14.4. The molecule has 27 heavy (non-hydrogen) atoms. The lowest BCUT2D eigenvalue weighted by Crippen LogP contribution is -1.87. The summed E-state index contributed by atoms with van der Waals surface area (Å²) in [6.45, 7) is 0. The van der Waals surface area contributed by atoms with E-state index in [9.17, 15) is 13.9 Å². The molecule has 0 unspecified atom stereocenters. The highest BCUT2D eigenvalue weighted by atomic mass is 35.5. The molecule has 0 atom stereocenters. The van der Waals surface area contributed by atoms with Crippen LogP contribution in [0.15, 0.2) is 64.0 Å².